The van der Waals surface area contributed by atoms with Crippen LogP contribution in [0.15, 0.2) is 0 Å². The molecule has 1 heterocycles. The van der Waals surface area contributed by atoms with Crippen molar-refractivity contribution in [1.82, 2.24) is 10.2 Å². The van der Waals surface area contributed by atoms with Crippen molar-refractivity contribution in [2.24, 2.45) is 0 Å². The van der Waals surface area contributed by atoms with E-state index in [0.29, 0.717) is 25.6 Å². The summed E-state index contributed by atoms with van der Waals surface area (Å²) in [6, 6.07) is 0.362. The molecule has 0 radical (unpaired) electrons. The van der Waals surface area contributed by atoms with Crippen LogP contribution in [0.25, 0.3) is 0 Å². The molecule has 4 heteroatoms. The number of ketones is 1. The summed E-state index contributed by atoms with van der Waals surface area (Å²) >= 11 is 0. The number of Topliss-reactive ketones (excluding diaryl/α,β-unsaturated/α-hetero) is 1. The maximum absolute atomic E-state index is 11.9. The SMILES string of the molecule is O=C1CCCN(CC(=O)NC2CCCCCC2)C1. The van der Waals surface area contributed by atoms with E-state index in [-0.39, 0.29) is 11.7 Å². The monoisotopic (exact) mass is 252 g/mol. The van der Waals surface area contributed by atoms with Gasteiger partial charge in [-0.1, -0.05) is 25.7 Å². The maximum Gasteiger partial charge on any atom is 0.234 e. The molecule has 0 aromatic carbocycles. The summed E-state index contributed by atoms with van der Waals surface area (Å²) in [4.78, 5) is 25.2. The molecular formula is C14H24N2O2. The first kappa shape index (κ1) is 13.5. The zero-order chi connectivity index (χ0) is 12.8. The van der Waals surface area contributed by atoms with Crippen molar-refractivity contribution in [3.05, 3.63) is 0 Å². The van der Waals surface area contributed by atoms with Crippen LogP contribution in [0.4, 0.5) is 0 Å². The van der Waals surface area contributed by atoms with Gasteiger partial charge in [0, 0.05) is 12.5 Å². The molecule has 0 atom stereocenters. The predicted octanol–water partition coefficient (Wildman–Crippen LogP) is 1.49. The zero-order valence-electron chi connectivity index (χ0n) is 11.1. The first-order chi connectivity index (χ1) is 8.74. The van der Waals surface area contributed by atoms with Gasteiger partial charge in [0.15, 0.2) is 0 Å². The van der Waals surface area contributed by atoms with Gasteiger partial charge in [0.05, 0.1) is 13.1 Å². The molecule has 1 aliphatic carbocycles. The number of piperidine rings is 1. The van der Waals surface area contributed by atoms with Gasteiger partial charge in [0.2, 0.25) is 5.91 Å². The second kappa shape index (κ2) is 6.88. The molecule has 2 fully saturated rings. The number of hydrogen-bond donors (Lipinski definition) is 1. The van der Waals surface area contributed by atoms with Crippen molar-refractivity contribution >= 4 is 11.7 Å². The van der Waals surface area contributed by atoms with E-state index in [0.717, 1.165) is 25.8 Å². The Morgan fingerprint density at radius 2 is 1.89 bits per heavy atom. The Labute approximate surface area is 109 Å². The standard InChI is InChI=1S/C14H24N2O2/c17-13-8-5-9-16(10-13)11-14(18)15-12-6-3-1-2-4-7-12/h12H,1-11H2,(H,15,18). The van der Waals surface area contributed by atoms with Crippen LogP contribution >= 0.6 is 0 Å². The van der Waals surface area contributed by atoms with Gasteiger partial charge in [-0.15, -0.1) is 0 Å². The van der Waals surface area contributed by atoms with Crippen molar-refractivity contribution in [3.8, 4) is 0 Å². The Balaban J connectivity index is 1.71. The van der Waals surface area contributed by atoms with Crippen LogP contribution in [0.5, 0.6) is 0 Å². The molecule has 0 bridgehead atoms. The summed E-state index contributed by atoms with van der Waals surface area (Å²) in [6.07, 6.45) is 8.87. The average molecular weight is 252 g/mol. The Morgan fingerprint density at radius 1 is 1.17 bits per heavy atom. The lowest BCUT2D eigenvalue weighted by molar-refractivity contribution is -0.126. The van der Waals surface area contributed by atoms with Crippen molar-refractivity contribution in [3.63, 3.8) is 0 Å². The van der Waals surface area contributed by atoms with Crippen LogP contribution in [0.2, 0.25) is 0 Å². The normalized spacial score (nSPS) is 23.7. The molecule has 0 aromatic rings. The summed E-state index contributed by atoms with van der Waals surface area (Å²) in [5.41, 5.74) is 0. The lowest BCUT2D eigenvalue weighted by Crippen LogP contribution is -2.45. The zero-order valence-corrected chi connectivity index (χ0v) is 11.1. The van der Waals surface area contributed by atoms with Crippen molar-refractivity contribution in [2.75, 3.05) is 19.6 Å². The quantitative estimate of drug-likeness (QED) is 0.774. The first-order valence-electron chi connectivity index (χ1n) is 7.27. The summed E-state index contributed by atoms with van der Waals surface area (Å²) in [7, 11) is 0. The van der Waals surface area contributed by atoms with Gasteiger partial charge < -0.3 is 5.32 Å². The summed E-state index contributed by atoms with van der Waals surface area (Å²) in [5, 5.41) is 3.13. The highest BCUT2D eigenvalue weighted by atomic mass is 16.2. The fourth-order valence-corrected chi connectivity index (χ4v) is 2.94. The second-order valence-corrected chi connectivity index (χ2v) is 5.61. The highest BCUT2D eigenvalue weighted by Gasteiger charge is 2.20. The van der Waals surface area contributed by atoms with Crippen LogP contribution in [0.1, 0.15) is 51.4 Å². The van der Waals surface area contributed by atoms with Gasteiger partial charge in [-0.25, -0.2) is 0 Å². The number of carbonyl (C=O) groups excluding carboxylic acids is 2. The van der Waals surface area contributed by atoms with Crippen molar-refractivity contribution < 1.29 is 9.59 Å². The molecule has 2 aliphatic rings. The number of likely N-dealkylation sites (tertiary alicyclic amines) is 1. The molecule has 1 aliphatic heterocycles. The number of hydrogen-bond acceptors (Lipinski definition) is 3. The predicted molar refractivity (Wildman–Crippen MR) is 70.3 cm³/mol. The van der Waals surface area contributed by atoms with E-state index in [2.05, 4.69) is 5.32 Å². The van der Waals surface area contributed by atoms with Gasteiger partial charge in [-0.05, 0) is 25.8 Å². The van der Waals surface area contributed by atoms with Crippen LogP contribution in [0, 0.1) is 0 Å². The van der Waals surface area contributed by atoms with Crippen LogP contribution in [-0.2, 0) is 9.59 Å². The summed E-state index contributed by atoms with van der Waals surface area (Å²) in [5.74, 6) is 0.361. The van der Waals surface area contributed by atoms with E-state index in [1.807, 2.05) is 4.90 Å². The van der Waals surface area contributed by atoms with E-state index < -0.39 is 0 Å². The first-order valence-corrected chi connectivity index (χ1v) is 7.27. The van der Waals surface area contributed by atoms with Crippen LogP contribution in [0.3, 0.4) is 0 Å². The Morgan fingerprint density at radius 3 is 2.56 bits per heavy atom. The number of nitrogens with one attached hydrogen (secondary N) is 1. The minimum absolute atomic E-state index is 0.0941. The molecule has 4 nitrogen and oxygen atoms in total. The molecule has 0 unspecified atom stereocenters. The van der Waals surface area contributed by atoms with E-state index in [9.17, 15) is 9.59 Å². The molecule has 1 N–H and O–H groups in total. The number of carbonyl (C=O) groups is 2. The fourth-order valence-electron chi connectivity index (χ4n) is 2.94. The Hall–Kier alpha value is -0.900. The summed E-state index contributed by atoms with van der Waals surface area (Å²) in [6.45, 7) is 1.73. The lowest BCUT2D eigenvalue weighted by atomic mass is 10.1. The third-order valence-corrected chi connectivity index (χ3v) is 3.92. The van der Waals surface area contributed by atoms with Gasteiger partial charge >= 0.3 is 0 Å². The number of rotatable bonds is 3. The minimum Gasteiger partial charge on any atom is -0.352 e. The molecule has 1 saturated carbocycles. The molecular weight excluding hydrogens is 228 g/mol. The highest BCUT2D eigenvalue weighted by molar-refractivity contribution is 5.83. The van der Waals surface area contributed by atoms with Gasteiger partial charge in [0.1, 0.15) is 5.78 Å². The van der Waals surface area contributed by atoms with Crippen molar-refractivity contribution in [2.45, 2.75) is 57.4 Å². The Kier molecular flexibility index (Phi) is 5.17. The number of nitrogens with zero attached hydrogens (tertiary/aromatic N) is 1. The molecule has 1 saturated heterocycles. The highest BCUT2D eigenvalue weighted by Crippen LogP contribution is 2.17. The molecule has 1 amide bonds. The lowest BCUT2D eigenvalue weighted by Gasteiger charge is -2.26. The molecule has 102 valence electrons. The van der Waals surface area contributed by atoms with Crippen molar-refractivity contribution in [1.29, 1.82) is 0 Å². The van der Waals surface area contributed by atoms with E-state index >= 15 is 0 Å². The van der Waals surface area contributed by atoms with E-state index in [1.54, 1.807) is 0 Å². The molecule has 2 rings (SSSR count). The number of amides is 1. The van der Waals surface area contributed by atoms with E-state index in [1.165, 1.54) is 25.7 Å². The van der Waals surface area contributed by atoms with E-state index in [4.69, 9.17) is 0 Å². The van der Waals surface area contributed by atoms with Gasteiger partial charge in [0.25, 0.3) is 0 Å². The van der Waals surface area contributed by atoms with Crippen LogP contribution < -0.4 is 5.32 Å². The largest absolute Gasteiger partial charge is 0.352 e. The topological polar surface area (TPSA) is 49.4 Å². The third-order valence-electron chi connectivity index (χ3n) is 3.92. The fraction of sp³-hybridized carbons (Fsp3) is 0.857. The smallest absolute Gasteiger partial charge is 0.234 e. The third kappa shape index (κ3) is 4.41. The molecule has 0 spiro atoms. The van der Waals surface area contributed by atoms with Gasteiger partial charge in [-0.3, -0.25) is 14.5 Å². The van der Waals surface area contributed by atoms with Gasteiger partial charge in [-0.2, -0.15) is 0 Å². The maximum atomic E-state index is 11.9. The second-order valence-electron chi connectivity index (χ2n) is 5.61. The minimum atomic E-state index is 0.0941. The van der Waals surface area contributed by atoms with Crippen LogP contribution in [-0.4, -0.2) is 42.3 Å². The average Bonchev–Trinajstić information content (AvgIpc) is 2.57. The summed E-state index contributed by atoms with van der Waals surface area (Å²) < 4.78 is 0. The molecule has 0 aromatic heterocycles. The molecule has 18 heavy (non-hydrogen) atoms. The Bertz CT molecular complexity index is 296.